The molecule has 1 aliphatic carbocycles. The molecule has 5 nitrogen and oxygen atoms in total. The van der Waals surface area contributed by atoms with Crippen LogP contribution in [-0.2, 0) is 0 Å². The van der Waals surface area contributed by atoms with Gasteiger partial charge in [-0.3, -0.25) is 0 Å². The van der Waals surface area contributed by atoms with Crippen LogP contribution in [0.1, 0.15) is 37.3 Å². The summed E-state index contributed by atoms with van der Waals surface area (Å²) in [5.74, 6) is 2.13. The van der Waals surface area contributed by atoms with Gasteiger partial charge in [-0.25, -0.2) is 9.97 Å². The molecule has 0 saturated heterocycles. The Kier molecular flexibility index (Phi) is 5.08. The number of aromatic nitrogens is 2. The Bertz CT molecular complexity index is 636. The van der Waals surface area contributed by atoms with Crippen molar-refractivity contribution in [2.45, 2.75) is 31.6 Å². The number of nitrogens with one attached hydrogen (secondary N) is 1. The lowest BCUT2D eigenvalue weighted by Crippen LogP contribution is -2.16. The predicted molar refractivity (Wildman–Crippen MR) is 92.8 cm³/mol. The summed E-state index contributed by atoms with van der Waals surface area (Å²) < 4.78 is 5.21. The molecular formula is C18H24N4O. The number of nitrogens with zero attached hydrogens (tertiary/aromatic N) is 2. The van der Waals surface area contributed by atoms with Gasteiger partial charge in [-0.05, 0) is 37.1 Å². The summed E-state index contributed by atoms with van der Waals surface area (Å²) in [6.45, 7) is 1.34. The molecule has 0 bridgehead atoms. The van der Waals surface area contributed by atoms with Gasteiger partial charge < -0.3 is 15.8 Å². The number of hydrogen-bond donors (Lipinski definition) is 2. The quantitative estimate of drug-likeness (QED) is 0.857. The molecule has 0 unspecified atom stereocenters. The van der Waals surface area contributed by atoms with E-state index in [9.17, 15) is 0 Å². The Labute approximate surface area is 137 Å². The van der Waals surface area contributed by atoms with Crippen LogP contribution >= 0.6 is 0 Å². The van der Waals surface area contributed by atoms with E-state index in [1.54, 1.807) is 7.11 Å². The topological polar surface area (TPSA) is 73.1 Å². The van der Waals surface area contributed by atoms with Crippen molar-refractivity contribution in [3.8, 4) is 17.1 Å². The van der Waals surface area contributed by atoms with Crippen molar-refractivity contribution in [2.75, 3.05) is 25.5 Å². The SMILES string of the molecule is COc1ccc(-c2ncc(NCCN)c(C3CCCC3)n2)cc1. The van der Waals surface area contributed by atoms with Crippen LogP contribution in [0.15, 0.2) is 30.5 Å². The highest BCUT2D eigenvalue weighted by molar-refractivity contribution is 5.59. The first-order valence-electron chi connectivity index (χ1n) is 8.27. The highest BCUT2D eigenvalue weighted by atomic mass is 16.5. The molecular weight excluding hydrogens is 288 g/mol. The molecule has 1 fully saturated rings. The maximum absolute atomic E-state index is 5.61. The summed E-state index contributed by atoms with van der Waals surface area (Å²) in [4.78, 5) is 9.41. The highest BCUT2D eigenvalue weighted by Crippen LogP contribution is 2.37. The van der Waals surface area contributed by atoms with Crippen LogP contribution in [0.4, 0.5) is 5.69 Å². The first kappa shape index (κ1) is 15.7. The van der Waals surface area contributed by atoms with E-state index in [1.807, 2.05) is 30.5 Å². The normalized spacial score (nSPS) is 14.9. The van der Waals surface area contributed by atoms with Gasteiger partial charge in [0.1, 0.15) is 5.75 Å². The first-order valence-corrected chi connectivity index (χ1v) is 8.27. The van der Waals surface area contributed by atoms with Crippen LogP contribution in [0.5, 0.6) is 5.75 Å². The Morgan fingerprint density at radius 1 is 1.22 bits per heavy atom. The van der Waals surface area contributed by atoms with E-state index in [2.05, 4.69) is 10.3 Å². The second kappa shape index (κ2) is 7.42. The summed E-state index contributed by atoms with van der Waals surface area (Å²) in [5, 5.41) is 3.37. The van der Waals surface area contributed by atoms with Crippen molar-refractivity contribution in [2.24, 2.45) is 5.73 Å². The molecule has 3 N–H and O–H groups in total. The average Bonchev–Trinajstić information content (AvgIpc) is 3.14. The number of benzene rings is 1. The number of hydrogen-bond acceptors (Lipinski definition) is 5. The van der Waals surface area contributed by atoms with Gasteiger partial charge >= 0.3 is 0 Å². The van der Waals surface area contributed by atoms with Crippen LogP contribution in [0.3, 0.4) is 0 Å². The molecule has 122 valence electrons. The van der Waals surface area contributed by atoms with Crippen molar-refractivity contribution in [3.63, 3.8) is 0 Å². The van der Waals surface area contributed by atoms with Crippen LogP contribution in [-0.4, -0.2) is 30.2 Å². The Morgan fingerprint density at radius 3 is 2.61 bits per heavy atom. The smallest absolute Gasteiger partial charge is 0.159 e. The minimum atomic E-state index is 0.523. The second-order valence-electron chi connectivity index (χ2n) is 5.92. The molecule has 0 atom stereocenters. The fraction of sp³-hybridized carbons (Fsp3) is 0.444. The minimum Gasteiger partial charge on any atom is -0.497 e. The van der Waals surface area contributed by atoms with E-state index in [1.165, 1.54) is 25.7 Å². The number of rotatable bonds is 6. The van der Waals surface area contributed by atoms with Crippen LogP contribution in [0.25, 0.3) is 11.4 Å². The molecule has 1 heterocycles. The number of anilines is 1. The van der Waals surface area contributed by atoms with Gasteiger partial charge in [0, 0.05) is 24.6 Å². The van der Waals surface area contributed by atoms with Crippen LogP contribution in [0, 0.1) is 0 Å². The molecule has 1 aliphatic rings. The average molecular weight is 312 g/mol. The van der Waals surface area contributed by atoms with E-state index < -0.39 is 0 Å². The molecule has 1 aromatic carbocycles. The van der Waals surface area contributed by atoms with Crippen molar-refractivity contribution in [1.82, 2.24) is 9.97 Å². The van der Waals surface area contributed by atoms with Crippen LogP contribution < -0.4 is 15.8 Å². The Hall–Kier alpha value is -2.14. The van der Waals surface area contributed by atoms with Crippen molar-refractivity contribution < 1.29 is 4.74 Å². The first-order chi connectivity index (χ1) is 11.3. The van der Waals surface area contributed by atoms with E-state index in [0.717, 1.165) is 35.1 Å². The maximum Gasteiger partial charge on any atom is 0.159 e. The molecule has 0 spiro atoms. The fourth-order valence-corrected chi connectivity index (χ4v) is 3.13. The third-order valence-corrected chi connectivity index (χ3v) is 4.37. The van der Waals surface area contributed by atoms with Gasteiger partial charge in [-0.1, -0.05) is 12.8 Å². The molecule has 1 saturated carbocycles. The van der Waals surface area contributed by atoms with E-state index in [4.69, 9.17) is 15.5 Å². The molecule has 0 aliphatic heterocycles. The summed E-state index contributed by atoms with van der Waals surface area (Å²) >= 11 is 0. The lowest BCUT2D eigenvalue weighted by Gasteiger charge is -2.16. The van der Waals surface area contributed by atoms with Crippen molar-refractivity contribution >= 4 is 5.69 Å². The summed E-state index contributed by atoms with van der Waals surface area (Å²) in [5.41, 5.74) is 8.79. The van der Waals surface area contributed by atoms with Gasteiger partial charge in [0.15, 0.2) is 5.82 Å². The van der Waals surface area contributed by atoms with Gasteiger partial charge in [-0.2, -0.15) is 0 Å². The molecule has 1 aromatic heterocycles. The second-order valence-corrected chi connectivity index (χ2v) is 5.92. The highest BCUT2D eigenvalue weighted by Gasteiger charge is 2.22. The minimum absolute atomic E-state index is 0.523. The Morgan fingerprint density at radius 2 is 1.96 bits per heavy atom. The Balaban J connectivity index is 1.92. The van der Waals surface area contributed by atoms with E-state index >= 15 is 0 Å². The number of nitrogens with two attached hydrogens (primary N) is 1. The van der Waals surface area contributed by atoms with Crippen molar-refractivity contribution in [3.05, 3.63) is 36.2 Å². The van der Waals surface area contributed by atoms with Crippen LogP contribution in [0.2, 0.25) is 0 Å². The monoisotopic (exact) mass is 312 g/mol. The number of ether oxygens (including phenoxy) is 1. The molecule has 3 rings (SSSR count). The molecule has 23 heavy (non-hydrogen) atoms. The van der Waals surface area contributed by atoms with Gasteiger partial charge in [-0.15, -0.1) is 0 Å². The lowest BCUT2D eigenvalue weighted by molar-refractivity contribution is 0.415. The third-order valence-electron chi connectivity index (χ3n) is 4.37. The molecule has 0 radical (unpaired) electrons. The predicted octanol–water partition coefficient (Wildman–Crippen LogP) is 3.18. The summed E-state index contributed by atoms with van der Waals surface area (Å²) in [6, 6.07) is 7.88. The molecule has 2 aromatic rings. The van der Waals surface area contributed by atoms with Gasteiger partial charge in [0.25, 0.3) is 0 Å². The summed E-state index contributed by atoms with van der Waals surface area (Å²) in [6.07, 6.45) is 6.87. The number of methoxy groups -OCH3 is 1. The van der Waals surface area contributed by atoms with Gasteiger partial charge in [0.2, 0.25) is 0 Å². The van der Waals surface area contributed by atoms with E-state index in [-0.39, 0.29) is 0 Å². The zero-order chi connectivity index (χ0) is 16.1. The summed E-state index contributed by atoms with van der Waals surface area (Å²) in [7, 11) is 1.67. The largest absolute Gasteiger partial charge is 0.497 e. The van der Waals surface area contributed by atoms with E-state index in [0.29, 0.717) is 12.5 Å². The standard InChI is InChI=1S/C18H24N4O/c1-23-15-8-6-14(7-9-15)18-21-12-16(20-11-10-19)17(22-18)13-4-2-3-5-13/h6-9,12-13,20H,2-5,10-11,19H2,1H3. The zero-order valence-electron chi connectivity index (χ0n) is 13.6. The lowest BCUT2D eigenvalue weighted by atomic mass is 10.0. The van der Waals surface area contributed by atoms with Crippen molar-refractivity contribution in [1.29, 1.82) is 0 Å². The molecule has 0 amide bonds. The molecule has 5 heteroatoms. The maximum atomic E-state index is 5.61. The fourth-order valence-electron chi connectivity index (χ4n) is 3.13. The zero-order valence-corrected chi connectivity index (χ0v) is 13.6. The third kappa shape index (κ3) is 3.62. The van der Waals surface area contributed by atoms with Gasteiger partial charge in [0.05, 0.1) is 24.7 Å².